The topological polar surface area (TPSA) is 146 Å². The summed E-state index contributed by atoms with van der Waals surface area (Å²) >= 11 is 0. The van der Waals surface area contributed by atoms with Crippen LogP contribution in [-0.2, 0) is 53.3 Å². The maximum absolute atomic E-state index is 13.0. The summed E-state index contributed by atoms with van der Waals surface area (Å²) in [6.07, 6.45) is 0.913. The fourth-order valence-electron chi connectivity index (χ4n) is 4.36. The number of methoxy groups -OCH3 is 1. The summed E-state index contributed by atoms with van der Waals surface area (Å²) in [4.78, 5) is 37.7. The molecule has 276 valence electrons. The zero-order valence-electron chi connectivity index (χ0n) is 30.4. The van der Waals surface area contributed by atoms with Gasteiger partial charge in [0.1, 0.15) is 18.2 Å². The molecule has 0 saturated heterocycles. The summed E-state index contributed by atoms with van der Waals surface area (Å²) in [5, 5.41) is 6.65. The SMILES string of the molecule is CC.COC(=O)C(Cc1ccc(-c2c(OCCOCCOCCOCCOCc3ccccc3)cnn(C)c2=O)cc1)NC(=O)OC(C)(C)C. The highest BCUT2D eigenvalue weighted by Gasteiger charge is 2.25. The molecule has 13 nitrogen and oxygen atoms in total. The van der Waals surface area contributed by atoms with Crippen LogP contribution in [0.3, 0.4) is 0 Å². The van der Waals surface area contributed by atoms with Crippen molar-refractivity contribution in [3.63, 3.8) is 0 Å². The van der Waals surface area contributed by atoms with Crippen LogP contribution in [0.15, 0.2) is 65.6 Å². The third kappa shape index (κ3) is 15.9. The molecule has 2 aromatic carbocycles. The number of nitrogens with zero attached hydrogens (tertiary/aromatic N) is 2. The molecular weight excluding hydrogens is 646 g/mol. The van der Waals surface area contributed by atoms with Crippen LogP contribution in [0.2, 0.25) is 0 Å². The van der Waals surface area contributed by atoms with Gasteiger partial charge in [-0.05, 0) is 37.5 Å². The molecule has 3 aromatic rings. The Balaban J connectivity index is 0.00000425. The van der Waals surface area contributed by atoms with Gasteiger partial charge in [0.2, 0.25) is 0 Å². The van der Waals surface area contributed by atoms with E-state index in [4.69, 9.17) is 33.2 Å². The number of hydrogen-bond acceptors (Lipinski definition) is 11. The van der Waals surface area contributed by atoms with Gasteiger partial charge in [-0.3, -0.25) is 4.79 Å². The number of amides is 1. The third-order valence-corrected chi connectivity index (χ3v) is 6.67. The molecule has 1 heterocycles. The number of esters is 1. The minimum absolute atomic E-state index is 0.155. The van der Waals surface area contributed by atoms with E-state index in [0.29, 0.717) is 63.1 Å². The fourth-order valence-corrected chi connectivity index (χ4v) is 4.36. The molecule has 1 unspecified atom stereocenters. The van der Waals surface area contributed by atoms with Gasteiger partial charge in [0.15, 0.2) is 5.75 Å². The number of nitrogens with one attached hydrogen (secondary N) is 1. The molecule has 0 aliphatic heterocycles. The average molecular weight is 700 g/mol. The standard InChI is InChI=1S/C35H47N3O10.C2H6/c1-35(2,3)48-34(41)37-29(33(40)42-5)23-26-11-13-28(14-12-26)31-30(24-36-38(4)32(31)39)47-22-21-45-18-17-43-15-16-44-19-20-46-25-27-9-7-6-8-10-27;1-2/h6-14,24,29H,15-23,25H2,1-5H3,(H,37,41);1-2H3. The van der Waals surface area contributed by atoms with E-state index in [0.717, 1.165) is 11.1 Å². The summed E-state index contributed by atoms with van der Waals surface area (Å²) in [5.41, 5.74) is 1.74. The lowest BCUT2D eigenvalue weighted by molar-refractivity contribution is -0.143. The van der Waals surface area contributed by atoms with Crippen LogP contribution >= 0.6 is 0 Å². The van der Waals surface area contributed by atoms with Crippen molar-refractivity contribution in [3.05, 3.63) is 82.3 Å². The van der Waals surface area contributed by atoms with Crippen LogP contribution in [0.25, 0.3) is 11.1 Å². The first kappa shape index (κ1) is 41.9. The van der Waals surface area contributed by atoms with E-state index in [1.165, 1.54) is 18.0 Å². The van der Waals surface area contributed by atoms with Crippen LogP contribution in [0.5, 0.6) is 5.75 Å². The van der Waals surface area contributed by atoms with Crippen LogP contribution in [0.4, 0.5) is 4.79 Å². The van der Waals surface area contributed by atoms with Crippen LogP contribution < -0.4 is 15.6 Å². The number of ether oxygens (including phenoxy) is 7. The van der Waals surface area contributed by atoms with Crippen molar-refractivity contribution in [1.29, 1.82) is 0 Å². The number of benzene rings is 2. The van der Waals surface area contributed by atoms with Gasteiger partial charge >= 0.3 is 12.1 Å². The molecule has 1 aromatic heterocycles. The van der Waals surface area contributed by atoms with E-state index in [2.05, 4.69) is 10.4 Å². The average Bonchev–Trinajstić information content (AvgIpc) is 3.10. The first-order valence-electron chi connectivity index (χ1n) is 16.8. The van der Waals surface area contributed by atoms with E-state index < -0.39 is 23.7 Å². The van der Waals surface area contributed by atoms with Crippen molar-refractivity contribution in [2.24, 2.45) is 7.05 Å². The summed E-state index contributed by atoms with van der Waals surface area (Å²) < 4.78 is 39.5. The summed E-state index contributed by atoms with van der Waals surface area (Å²) in [5.74, 6) is -0.294. The van der Waals surface area contributed by atoms with Gasteiger partial charge in [-0.15, -0.1) is 0 Å². The number of carbonyl (C=O) groups excluding carboxylic acids is 2. The van der Waals surface area contributed by atoms with Gasteiger partial charge in [-0.25, -0.2) is 14.3 Å². The Morgan fingerprint density at radius 2 is 1.36 bits per heavy atom. The molecule has 1 N–H and O–H groups in total. The van der Waals surface area contributed by atoms with Gasteiger partial charge in [0.25, 0.3) is 5.56 Å². The van der Waals surface area contributed by atoms with E-state index in [1.807, 2.05) is 44.2 Å². The largest absolute Gasteiger partial charge is 0.489 e. The predicted molar refractivity (Wildman–Crippen MR) is 189 cm³/mol. The predicted octanol–water partition coefficient (Wildman–Crippen LogP) is 4.73. The normalized spacial score (nSPS) is 11.6. The molecule has 0 aliphatic rings. The molecule has 0 saturated carbocycles. The zero-order valence-corrected chi connectivity index (χ0v) is 30.4. The Bertz CT molecular complexity index is 1460. The van der Waals surface area contributed by atoms with Gasteiger partial charge in [0.05, 0.1) is 71.7 Å². The second kappa shape index (κ2) is 23.2. The van der Waals surface area contributed by atoms with Crippen LogP contribution in [0.1, 0.15) is 45.7 Å². The Morgan fingerprint density at radius 3 is 1.92 bits per heavy atom. The van der Waals surface area contributed by atoms with Crippen molar-refractivity contribution in [1.82, 2.24) is 15.1 Å². The maximum atomic E-state index is 13.0. The highest BCUT2D eigenvalue weighted by molar-refractivity contribution is 5.81. The van der Waals surface area contributed by atoms with Crippen molar-refractivity contribution in [2.45, 2.75) is 59.3 Å². The van der Waals surface area contributed by atoms with Crippen LogP contribution in [-0.4, -0.2) is 93.5 Å². The Labute approximate surface area is 295 Å². The lowest BCUT2D eigenvalue weighted by Gasteiger charge is -2.22. The van der Waals surface area contributed by atoms with E-state index in [9.17, 15) is 14.4 Å². The molecule has 0 bridgehead atoms. The Kier molecular flexibility index (Phi) is 19.4. The third-order valence-electron chi connectivity index (χ3n) is 6.67. The van der Waals surface area contributed by atoms with Gasteiger partial charge in [0, 0.05) is 13.5 Å². The summed E-state index contributed by atoms with van der Waals surface area (Å²) in [6, 6.07) is 16.0. The minimum atomic E-state index is -0.961. The molecule has 3 rings (SSSR count). The molecule has 0 radical (unpaired) electrons. The number of aryl methyl sites for hydroxylation is 1. The van der Waals surface area contributed by atoms with E-state index >= 15 is 0 Å². The summed E-state index contributed by atoms with van der Waals surface area (Å²) in [7, 11) is 2.81. The van der Waals surface area contributed by atoms with Gasteiger partial charge < -0.3 is 38.5 Å². The lowest BCUT2D eigenvalue weighted by atomic mass is 10.0. The Morgan fingerprint density at radius 1 is 0.800 bits per heavy atom. The van der Waals surface area contributed by atoms with Crippen molar-refractivity contribution < 1.29 is 42.7 Å². The number of hydrogen-bond donors (Lipinski definition) is 1. The number of alkyl carbamates (subject to hydrolysis) is 1. The fraction of sp³-hybridized carbons (Fsp3) is 0.514. The first-order chi connectivity index (χ1) is 24.1. The van der Waals surface area contributed by atoms with E-state index in [1.54, 1.807) is 52.1 Å². The second-order valence-corrected chi connectivity index (χ2v) is 11.7. The molecule has 50 heavy (non-hydrogen) atoms. The maximum Gasteiger partial charge on any atom is 0.408 e. The molecule has 0 aliphatic carbocycles. The molecule has 13 heteroatoms. The lowest BCUT2D eigenvalue weighted by Crippen LogP contribution is -2.45. The first-order valence-corrected chi connectivity index (χ1v) is 16.8. The van der Waals surface area contributed by atoms with E-state index in [-0.39, 0.29) is 25.2 Å². The molecule has 1 atom stereocenters. The number of aromatic nitrogens is 2. The number of rotatable bonds is 20. The quantitative estimate of drug-likeness (QED) is 0.129. The molecular formula is C37H53N3O10. The van der Waals surface area contributed by atoms with Gasteiger partial charge in [-0.1, -0.05) is 68.4 Å². The molecule has 1 amide bonds. The Hall–Kier alpha value is -4.30. The molecule has 0 fully saturated rings. The van der Waals surface area contributed by atoms with Crippen LogP contribution in [0, 0.1) is 0 Å². The minimum Gasteiger partial charge on any atom is -0.489 e. The molecule has 0 spiro atoms. The highest BCUT2D eigenvalue weighted by Crippen LogP contribution is 2.26. The van der Waals surface area contributed by atoms with Crippen molar-refractivity contribution in [2.75, 3.05) is 60.0 Å². The highest BCUT2D eigenvalue weighted by atomic mass is 16.6. The van der Waals surface area contributed by atoms with Gasteiger partial charge in [-0.2, -0.15) is 5.10 Å². The van der Waals surface area contributed by atoms with Crippen molar-refractivity contribution >= 4 is 12.1 Å². The number of carbonyl (C=O) groups is 2. The van der Waals surface area contributed by atoms with Crippen molar-refractivity contribution in [3.8, 4) is 16.9 Å². The zero-order chi connectivity index (χ0) is 36.8. The summed E-state index contributed by atoms with van der Waals surface area (Å²) in [6.45, 7) is 12.9. The second-order valence-electron chi connectivity index (χ2n) is 11.7. The smallest absolute Gasteiger partial charge is 0.408 e. The monoisotopic (exact) mass is 699 g/mol.